The summed E-state index contributed by atoms with van der Waals surface area (Å²) in [5.74, 6) is 1.19. The van der Waals surface area contributed by atoms with E-state index in [4.69, 9.17) is 0 Å². The molecule has 1 aromatic rings. The summed E-state index contributed by atoms with van der Waals surface area (Å²) in [6, 6.07) is 0. The molecule has 0 radical (unpaired) electrons. The molecule has 0 aromatic carbocycles. The van der Waals surface area contributed by atoms with Gasteiger partial charge in [-0.2, -0.15) is 0 Å². The molecule has 2 heterocycles. The molecule has 4 heteroatoms. The summed E-state index contributed by atoms with van der Waals surface area (Å²) < 4.78 is 2.35. The Hall–Kier alpha value is -0.870. The van der Waals surface area contributed by atoms with Crippen LogP contribution in [0.1, 0.15) is 11.5 Å². The van der Waals surface area contributed by atoms with E-state index in [2.05, 4.69) is 40.5 Å². The number of hydrogen-bond donors (Lipinski definition) is 0. The standard InChI is InChI=1S/C10H18N4/c1-12(2)8-10-11-6-9-7-13(3)4-5-14(9)10/h6H,4-5,7-8H2,1-3H3. The first-order valence-electron chi connectivity index (χ1n) is 5.03. The summed E-state index contributed by atoms with van der Waals surface area (Å²) in [5.41, 5.74) is 1.34. The van der Waals surface area contributed by atoms with Crippen LogP contribution in [-0.4, -0.2) is 47.0 Å². The fourth-order valence-corrected chi connectivity index (χ4v) is 1.89. The molecule has 1 aliphatic heterocycles. The van der Waals surface area contributed by atoms with Gasteiger partial charge in [-0.25, -0.2) is 4.98 Å². The average Bonchev–Trinajstić information content (AvgIpc) is 2.47. The van der Waals surface area contributed by atoms with Crippen LogP contribution in [-0.2, 0) is 19.6 Å². The highest BCUT2D eigenvalue weighted by Gasteiger charge is 2.16. The first kappa shape index (κ1) is 9.68. The minimum absolute atomic E-state index is 0.934. The van der Waals surface area contributed by atoms with Gasteiger partial charge in [0.1, 0.15) is 5.82 Å². The molecule has 0 bridgehead atoms. The Morgan fingerprint density at radius 2 is 2.21 bits per heavy atom. The lowest BCUT2D eigenvalue weighted by molar-refractivity contribution is 0.262. The molecule has 0 saturated heterocycles. The van der Waals surface area contributed by atoms with Crippen LogP contribution in [0, 0.1) is 0 Å². The van der Waals surface area contributed by atoms with E-state index < -0.39 is 0 Å². The van der Waals surface area contributed by atoms with Gasteiger partial charge in [-0.05, 0) is 21.1 Å². The SMILES string of the molecule is CN(C)Cc1ncc2n1CCN(C)C2. The van der Waals surface area contributed by atoms with Crippen molar-refractivity contribution in [2.45, 2.75) is 19.6 Å². The molecular weight excluding hydrogens is 176 g/mol. The predicted molar refractivity (Wildman–Crippen MR) is 56.0 cm³/mol. The van der Waals surface area contributed by atoms with Gasteiger partial charge < -0.3 is 9.47 Å². The molecule has 0 atom stereocenters. The van der Waals surface area contributed by atoms with Crippen molar-refractivity contribution >= 4 is 0 Å². The number of nitrogens with zero attached hydrogens (tertiary/aromatic N) is 4. The Bertz CT molecular complexity index is 316. The second kappa shape index (κ2) is 3.71. The second-order valence-corrected chi connectivity index (χ2v) is 4.29. The fraction of sp³-hybridized carbons (Fsp3) is 0.700. The first-order valence-corrected chi connectivity index (χ1v) is 5.03. The summed E-state index contributed by atoms with van der Waals surface area (Å²) >= 11 is 0. The van der Waals surface area contributed by atoms with Crippen LogP contribution < -0.4 is 0 Å². The maximum absolute atomic E-state index is 4.47. The number of likely N-dealkylation sites (N-methyl/N-ethyl adjacent to an activating group) is 1. The summed E-state index contributed by atoms with van der Waals surface area (Å²) in [6.45, 7) is 4.17. The molecule has 78 valence electrons. The van der Waals surface area contributed by atoms with Gasteiger partial charge in [-0.3, -0.25) is 4.90 Å². The van der Waals surface area contributed by atoms with Crippen LogP contribution >= 0.6 is 0 Å². The molecule has 0 N–H and O–H groups in total. The van der Waals surface area contributed by atoms with E-state index in [-0.39, 0.29) is 0 Å². The van der Waals surface area contributed by atoms with Gasteiger partial charge in [0, 0.05) is 25.8 Å². The molecule has 1 aromatic heterocycles. The zero-order valence-electron chi connectivity index (χ0n) is 9.19. The summed E-state index contributed by atoms with van der Waals surface area (Å²) in [4.78, 5) is 8.96. The smallest absolute Gasteiger partial charge is 0.123 e. The van der Waals surface area contributed by atoms with E-state index in [0.29, 0.717) is 0 Å². The first-order chi connectivity index (χ1) is 6.66. The lowest BCUT2D eigenvalue weighted by Crippen LogP contribution is -2.31. The van der Waals surface area contributed by atoms with Crippen molar-refractivity contribution in [2.75, 3.05) is 27.7 Å². The summed E-state index contributed by atoms with van der Waals surface area (Å²) in [6.07, 6.45) is 2.01. The van der Waals surface area contributed by atoms with Crippen molar-refractivity contribution in [3.63, 3.8) is 0 Å². The van der Waals surface area contributed by atoms with Crippen LogP contribution in [0.3, 0.4) is 0 Å². The number of rotatable bonds is 2. The third-order valence-corrected chi connectivity index (χ3v) is 2.62. The molecule has 0 fully saturated rings. The number of aromatic nitrogens is 2. The summed E-state index contributed by atoms with van der Waals surface area (Å²) in [7, 11) is 6.31. The molecule has 1 aliphatic rings. The molecule has 0 spiro atoms. The Labute approximate surface area is 85.1 Å². The molecule has 0 saturated carbocycles. The quantitative estimate of drug-likeness (QED) is 0.680. The normalized spacial score (nSPS) is 17.4. The Kier molecular flexibility index (Phi) is 2.56. The highest BCUT2D eigenvalue weighted by molar-refractivity contribution is 5.07. The Balaban J connectivity index is 2.20. The van der Waals surface area contributed by atoms with Gasteiger partial charge in [-0.1, -0.05) is 0 Å². The van der Waals surface area contributed by atoms with Crippen LogP contribution in [0.15, 0.2) is 6.20 Å². The third-order valence-electron chi connectivity index (χ3n) is 2.62. The van der Waals surface area contributed by atoms with Crippen LogP contribution in [0.25, 0.3) is 0 Å². The molecule has 14 heavy (non-hydrogen) atoms. The molecule has 0 amide bonds. The van der Waals surface area contributed by atoms with Crippen LogP contribution in [0.2, 0.25) is 0 Å². The maximum Gasteiger partial charge on any atom is 0.123 e. The number of imidazole rings is 1. The average molecular weight is 194 g/mol. The van der Waals surface area contributed by atoms with Gasteiger partial charge in [0.25, 0.3) is 0 Å². The largest absolute Gasteiger partial charge is 0.328 e. The highest BCUT2D eigenvalue weighted by Crippen LogP contribution is 2.13. The van der Waals surface area contributed by atoms with E-state index in [9.17, 15) is 0 Å². The molecular formula is C10H18N4. The van der Waals surface area contributed by atoms with E-state index in [1.54, 1.807) is 0 Å². The number of hydrogen-bond acceptors (Lipinski definition) is 3. The zero-order valence-corrected chi connectivity index (χ0v) is 9.19. The van der Waals surface area contributed by atoms with Gasteiger partial charge in [0.2, 0.25) is 0 Å². The van der Waals surface area contributed by atoms with Gasteiger partial charge in [-0.15, -0.1) is 0 Å². The van der Waals surface area contributed by atoms with Crippen LogP contribution in [0.5, 0.6) is 0 Å². The maximum atomic E-state index is 4.47. The zero-order chi connectivity index (χ0) is 10.1. The molecule has 4 nitrogen and oxygen atoms in total. The van der Waals surface area contributed by atoms with Crippen LogP contribution in [0.4, 0.5) is 0 Å². The van der Waals surface area contributed by atoms with E-state index in [1.165, 1.54) is 11.5 Å². The van der Waals surface area contributed by atoms with Crippen molar-refractivity contribution in [3.05, 3.63) is 17.7 Å². The predicted octanol–water partition coefficient (Wildman–Crippen LogP) is 0.390. The minimum Gasteiger partial charge on any atom is -0.328 e. The topological polar surface area (TPSA) is 24.3 Å². The van der Waals surface area contributed by atoms with Gasteiger partial charge in [0.05, 0.1) is 12.2 Å². The van der Waals surface area contributed by atoms with Crippen molar-refractivity contribution in [1.29, 1.82) is 0 Å². The van der Waals surface area contributed by atoms with Gasteiger partial charge >= 0.3 is 0 Å². The lowest BCUT2D eigenvalue weighted by Gasteiger charge is -2.25. The lowest BCUT2D eigenvalue weighted by atomic mass is 10.3. The molecule has 0 unspecified atom stereocenters. The molecule has 0 aliphatic carbocycles. The van der Waals surface area contributed by atoms with Crippen molar-refractivity contribution in [1.82, 2.24) is 19.4 Å². The Morgan fingerprint density at radius 3 is 2.93 bits per heavy atom. The Morgan fingerprint density at radius 1 is 1.43 bits per heavy atom. The van der Waals surface area contributed by atoms with E-state index in [1.807, 2.05) is 6.20 Å². The van der Waals surface area contributed by atoms with Gasteiger partial charge in [0.15, 0.2) is 0 Å². The van der Waals surface area contributed by atoms with Crippen molar-refractivity contribution < 1.29 is 0 Å². The number of fused-ring (bicyclic) bond motifs is 1. The third kappa shape index (κ3) is 1.81. The van der Waals surface area contributed by atoms with E-state index >= 15 is 0 Å². The monoisotopic (exact) mass is 194 g/mol. The molecule has 2 rings (SSSR count). The fourth-order valence-electron chi connectivity index (χ4n) is 1.89. The van der Waals surface area contributed by atoms with E-state index in [0.717, 1.165) is 26.2 Å². The van der Waals surface area contributed by atoms with Crippen molar-refractivity contribution in [2.24, 2.45) is 0 Å². The highest BCUT2D eigenvalue weighted by atomic mass is 15.2. The second-order valence-electron chi connectivity index (χ2n) is 4.29. The van der Waals surface area contributed by atoms with Crippen molar-refractivity contribution in [3.8, 4) is 0 Å². The minimum atomic E-state index is 0.934. The summed E-state index contributed by atoms with van der Waals surface area (Å²) in [5, 5.41) is 0.